The van der Waals surface area contributed by atoms with E-state index in [1.165, 1.54) is 19.3 Å². The van der Waals surface area contributed by atoms with E-state index < -0.39 is 12.2 Å². The molecule has 0 spiro atoms. The minimum absolute atomic E-state index is 0.148. The number of rotatable bonds is 47. The lowest BCUT2D eigenvalue weighted by atomic mass is 10.1. The largest absolute Gasteiger partial charge is 0.462 e. The molecule has 0 bridgehead atoms. The molecule has 0 saturated carbocycles. The summed E-state index contributed by atoms with van der Waals surface area (Å²) < 4.78 is 16.7. The van der Waals surface area contributed by atoms with Crippen molar-refractivity contribution in [2.45, 2.75) is 257 Å². The van der Waals surface area contributed by atoms with Crippen LogP contribution < -0.4 is 0 Å². The summed E-state index contributed by atoms with van der Waals surface area (Å²) >= 11 is 0. The SMILES string of the molecule is CCCCC/C=C\C=C/[C@H](O)CCCCCCCC(=O)OC[C@@H](COC(=O)CCCCCCC/C=C\C=C/[C@H](O)CCCCC)OC(=O)CCCCCCC/C=C\C=C/[C@@H](O)CCCCC. The Balaban J connectivity index is 4.59. The summed E-state index contributed by atoms with van der Waals surface area (Å²) in [6, 6.07) is 0. The van der Waals surface area contributed by atoms with Crippen LogP contribution in [0.15, 0.2) is 72.9 Å². The third-order valence-corrected chi connectivity index (χ3v) is 11.5. The van der Waals surface area contributed by atoms with Crippen LogP contribution in [0.4, 0.5) is 0 Å². The van der Waals surface area contributed by atoms with Gasteiger partial charge in [-0.15, -0.1) is 0 Å². The molecule has 9 nitrogen and oxygen atoms in total. The van der Waals surface area contributed by atoms with E-state index in [1.807, 2.05) is 54.7 Å². The van der Waals surface area contributed by atoms with Gasteiger partial charge in [-0.25, -0.2) is 0 Å². The van der Waals surface area contributed by atoms with Gasteiger partial charge in [-0.1, -0.05) is 209 Å². The average molecular weight is 927 g/mol. The topological polar surface area (TPSA) is 140 Å². The van der Waals surface area contributed by atoms with Crippen molar-refractivity contribution in [1.29, 1.82) is 0 Å². The third kappa shape index (κ3) is 47.2. The van der Waals surface area contributed by atoms with Gasteiger partial charge in [0.2, 0.25) is 0 Å². The van der Waals surface area contributed by atoms with Gasteiger partial charge in [0.1, 0.15) is 13.2 Å². The van der Waals surface area contributed by atoms with E-state index in [2.05, 4.69) is 39.0 Å². The molecule has 3 N–H and O–H groups in total. The van der Waals surface area contributed by atoms with Gasteiger partial charge in [-0.3, -0.25) is 14.4 Å². The van der Waals surface area contributed by atoms with Crippen molar-refractivity contribution in [2.24, 2.45) is 0 Å². The molecule has 0 saturated heterocycles. The molecule has 0 aromatic carbocycles. The molecule has 0 aromatic rings. The number of hydrogen-bond donors (Lipinski definition) is 3. The lowest BCUT2D eigenvalue weighted by Gasteiger charge is -2.18. The molecule has 0 aliphatic carbocycles. The second-order valence-electron chi connectivity index (χ2n) is 18.0. The highest BCUT2D eigenvalue weighted by Crippen LogP contribution is 2.14. The molecule has 66 heavy (non-hydrogen) atoms. The van der Waals surface area contributed by atoms with Gasteiger partial charge in [0.25, 0.3) is 0 Å². The van der Waals surface area contributed by atoms with Crippen LogP contribution in [0.5, 0.6) is 0 Å². The number of esters is 3. The Labute approximate surface area is 403 Å². The molecule has 0 rings (SSSR count). The van der Waals surface area contributed by atoms with Crippen LogP contribution in [0.1, 0.15) is 233 Å². The maximum atomic E-state index is 12.8. The minimum atomic E-state index is -0.854. The lowest BCUT2D eigenvalue weighted by Crippen LogP contribution is -2.30. The third-order valence-electron chi connectivity index (χ3n) is 11.5. The highest BCUT2D eigenvalue weighted by molar-refractivity contribution is 5.71. The number of hydrogen-bond acceptors (Lipinski definition) is 9. The number of carbonyl (C=O) groups is 3. The standard InChI is InChI=1S/C57H98O9/c1-4-7-10-11-18-24-33-44-53(60)45-36-27-23-30-38-47-56(62)65-50-54(66-57(63)48-39-29-22-17-13-15-20-26-35-43-52(59)41-32-9-6-3)49-64-55(61)46-37-28-21-16-12-14-19-25-34-42-51(58)40-31-8-5-2/h18-20,24-26,33-35,42-44,51-54,58-60H,4-17,21-23,27-32,36-41,45-50H2,1-3H3/b24-18-,25-19-,26-20-,42-34-,43-35-,44-33-/t51-,52+,53+,54-/m1/s1. The zero-order chi connectivity index (χ0) is 48.4. The molecule has 9 heteroatoms. The summed E-state index contributed by atoms with van der Waals surface area (Å²) in [6.45, 7) is 6.22. The van der Waals surface area contributed by atoms with E-state index in [9.17, 15) is 29.7 Å². The first-order valence-corrected chi connectivity index (χ1v) is 26.8. The van der Waals surface area contributed by atoms with Crippen LogP contribution >= 0.6 is 0 Å². The average Bonchev–Trinajstić information content (AvgIpc) is 3.30. The fourth-order valence-electron chi connectivity index (χ4n) is 7.26. The van der Waals surface area contributed by atoms with Crippen LogP contribution in [0, 0.1) is 0 Å². The van der Waals surface area contributed by atoms with Crippen molar-refractivity contribution in [3.8, 4) is 0 Å². The molecule has 0 aromatic heterocycles. The van der Waals surface area contributed by atoms with Gasteiger partial charge in [-0.05, 0) is 77.0 Å². The number of allylic oxidation sites excluding steroid dienone is 9. The molecular weight excluding hydrogens is 829 g/mol. The van der Waals surface area contributed by atoms with Crippen molar-refractivity contribution >= 4 is 17.9 Å². The van der Waals surface area contributed by atoms with Gasteiger partial charge in [0.05, 0.1) is 18.3 Å². The molecule has 380 valence electrons. The highest BCUT2D eigenvalue weighted by atomic mass is 16.6. The molecule has 0 aliphatic heterocycles. The fourth-order valence-corrected chi connectivity index (χ4v) is 7.26. The molecule has 0 unspecified atom stereocenters. The monoisotopic (exact) mass is 927 g/mol. The summed E-state index contributed by atoms with van der Waals surface area (Å²) in [4.78, 5) is 38.0. The van der Waals surface area contributed by atoms with Crippen LogP contribution in [-0.4, -0.2) is 70.9 Å². The maximum Gasteiger partial charge on any atom is 0.306 e. The Morgan fingerprint density at radius 3 is 1.08 bits per heavy atom. The van der Waals surface area contributed by atoms with Crippen LogP contribution in [0.2, 0.25) is 0 Å². The van der Waals surface area contributed by atoms with E-state index in [0.29, 0.717) is 12.8 Å². The van der Waals surface area contributed by atoms with E-state index in [1.54, 1.807) is 0 Å². The van der Waals surface area contributed by atoms with Crippen LogP contribution in [0.3, 0.4) is 0 Å². The first kappa shape index (κ1) is 62.7. The predicted octanol–water partition coefficient (Wildman–Crippen LogP) is 14.3. The number of unbranched alkanes of at least 4 members (excludes halogenated alkanes) is 21. The molecule has 0 aliphatic rings. The van der Waals surface area contributed by atoms with Gasteiger partial charge >= 0.3 is 17.9 Å². The van der Waals surface area contributed by atoms with Gasteiger partial charge in [0.15, 0.2) is 6.10 Å². The zero-order valence-electron chi connectivity index (χ0n) is 42.3. The lowest BCUT2D eigenvalue weighted by molar-refractivity contribution is -0.167. The smallest absolute Gasteiger partial charge is 0.306 e. The summed E-state index contributed by atoms with van der Waals surface area (Å²) in [5.41, 5.74) is 0. The first-order chi connectivity index (χ1) is 32.2. The number of carbonyl (C=O) groups excluding carboxylic acids is 3. The Morgan fingerprint density at radius 1 is 0.379 bits per heavy atom. The molecule has 0 radical (unpaired) electrons. The van der Waals surface area contributed by atoms with Crippen molar-refractivity contribution in [1.82, 2.24) is 0 Å². The van der Waals surface area contributed by atoms with Crippen LogP contribution in [0.25, 0.3) is 0 Å². The molecular formula is C57H98O9. The van der Waals surface area contributed by atoms with Crippen molar-refractivity contribution < 1.29 is 43.9 Å². The van der Waals surface area contributed by atoms with E-state index in [0.717, 1.165) is 161 Å². The molecule has 0 fully saturated rings. The number of aliphatic hydroxyl groups excluding tert-OH is 3. The number of ether oxygens (including phenoxy) is 3. The first-order valence-electron chi connectivity index (χ1n) is 26.8. The van der Waals surface area contributed by atoms with Crippen LogP contribution in [-0.2, 0) is 28.6 Å². The summed E-state index contributed by atoms with van der Waals surface area (Å²) in [6.07, 6.45) is 52.3. The minimum Gasteiger partial charge on any atom is -0.462 e. The second-order valence-corrected chi connectivity index (χ2v) is 18.0. The predicted molar refractivity (Wildman–Crippen MR) is 274 cm³/mol. The van der Waals surface area contributed by atoms with Gasteiger partial charge in [0, 0.05) is 19.3 Å². The second kappa shape index (κ2) is 49.6. The van der Waals surface area contributed by atoms with E-state index >= 15 is 0 Å². The van der Waals surface area contributed by atoms with E-state index in [4.69, 9.17) is 14.2 Å². The summed E-state index contributed by atoms with van der Waals surface area (Å²) in [5.74, 6) is -1.10. The summed E-state index contributed by atoms with van der Waals surface area (Å²) in [5, 5.41) is 30.2. The van der Waals surface area contributed by atoms with Gasteiger partial charge in [-0.2, -0.15) is 0 Å². The van der Waals surface area contributed by atoms with E-state index in [-0.39, 0.29) is 62.6 Å². The zero-order valence-corrected chi connectivity index (χ0v) is 42.3. The normalized spacial score (nSPS) is 14.1. The molecule has 0 amide bonds. The molecule has 4 atom stereocenters. The Morgan fingerprint density at radius 2 is 0.682 bits per heavy atom. The van der Waals surface area contributed by atoms with Crippen molar-refractivity contribution in [3.05, 3.63) is 72.9 Å². The Bertz CT molecular complexity index is 1300. The fraction of sp³-hybridized carbons (Fsp3) is 0.737. The summed E-state index contributed by atoms with van der Waals surface area (Å²) in [7, 11) is 0. The Kier molecular flexibility index (Phi) is 47.2. The van der Waals surface area contributed by atoms with Crippen molar-refractivity contribution in [2.75, 3.05) is 13.2 Å². The quantitative estimate of drug-likeness (QED) is 0.0235. The molecule has 0 heterocycles. The van der Waals surface area contributed by atoms with Gasteiger partial charge < -0.3 is 29.5 Å². The Hall–Kier alpha value is -3.27. The highest BCUT2D eigenvalue weighted by Gasteiger charge is 2.19. The maximum absolute atomic E-state index is 12.8. The van der Waals surface area contributed by atoms with Crippen molar-refractivity contribution in [3.63, 3.8) is 0 Å². The number of aliphatic hydroxyl groups is 3.